The van der Waals surface area contributed by atoms with Crippen molar-refractivity contribution in [2.24, 2.45) is 0 Å². The largest absolute Gasteiger partial charge is 0.466 e. The molecule has 0 spiro atoms. The average molecular weight is 806 g/mol. The number of allylic oxidation sites excluding steroid dienone is 2. The molecule has 0 bridgehead atoms. The second-order valence-electron chi connectivity index (χ2n) is 17.5. The number of hydrogen-bond donors (Lipinski definition) is 3. The summed E-state index contributed by atoms with van der Waals surface area (Å²) in [4.78, 5) is 24.3. The molecule has 0 aliphatic heterocycles. The summed E-state index contributed by atoms with van der Waals surface area (Å²) < 4.78 is 5.45. The predicted octanol–water partition coefficient (Wildman–Crippen LogP) is 15.0. The summed E-state index contributed by atoms with van der Waals surface area (Å²) in [5.74, 6) is -0.0399. The topological polar surface area (TPSA) is 95.9 Å². The van der Waals surface area contributed by atoms with Crippen LogP contribution in [-0.4, -0.2) is 47.4 Å². The Morgan fingerprint density at radius 1 is 0.474 bits per heavy atom. The molecule has 0 saturated heterocycles. The number of rotatable bonds is 47. The molecule has 0 aromatic heterocycles. The van der Waals surface area contributed by atoms with Crippen LogP contribution in [0.15, 0.2) is 12.2 Å². The van der Waals surface area contributed by atoms with Crippen molar-refractivity contribution in [1.29, 1.82) is 0 Å². The number of amides is 1. The van der Waals surface area contributed by atoms with Gasteiger partial charge in [0.15, 0.2) is 0 Å². The number of esters is 1. The Hall–Kier alpha value is -1.40. The van der Waals surface area contributed by atoms with Crippen molar-refractivity contribution in [3.8, 4) is 0 Å². The van der Waals surface area contributed by atoms with Crippen LogP contribution in [-0.2, 0) is 14.3 Å². The molecule has 0 rings (SSSR count). The Bertz CT molecular complexity index is 847. The Morgan fingerprint density at radius 3 is 1.30 bits per heavy atom. The standard InChI is InChI=1S/C51H99NO5/c1-3-5-7-9-11-13-24-29-33-37-41-45-51(56)57-46-42-38-34-30-26-23-21-19-17-15-14-16-18-20-22-25-28-32-36-40-44-50(55)52-48(47-53)49(54)43-39-35-31-27-12-10-8-6-4-2/h9,11,48-49,53-54H,3-8,10,12-47H2,1-2H3,(H,52,55)/b11-9-. The van der Waals surface area contributed by atoms with E-state index in [0.29, 0.717) is 25.9 Å². The molecule has 338 valence electrons. The van der Waals surface area contributed by atoms with E-state index >= 15 is 0 Å². The van der Waals surface area contributed by atoms with Gasteiger partial charge in [0.25, 0.3) is 0 Å². The molecule has 0 saturated carbocycles. The molecular weight excluding hydrogens is 707 g/mol. The van der Waals surface area contributed by atoms with Crippen molar-refractivity contribution >= 4 is 11.9 Å². The van der Waals surface area contributed by atoms with Crippen molar-refractivity contribution < 1.29 is 24.5 Å². The van der Waals surface area contributed by atoms with E-state index in [9.17, 15) is 19.8 Å². The molecule has 6 nitrogen and oxygen atoms in total. The van der Waals surface area contributed by atoms with Gasteiger partial charge in [-0.2, -0.15) is 0 Å². The fourth-order valence-electron chi connectivity index (χ4n) is 7.86. The first-order valence-electron chi connectivity index (χ1n) is 25.4. The number of aliphatic hydroxyl groups excluding tert-OH is 2. The molecule has 0 aromatic carbocycles. The smallest absolute Gasteiger partial charge is 0.305 e. The van der Waals surface area contributed by atoms with E-state index in [4.69, 9.17) is 4.74 Å². The van der Waals surface area contributed by atoms with Crippen LogP contribution in [0.25, 0.3) is 0 Å². The third kappa shape index (κ3) is 44.0. The van der Waals surface area contributed by atoms with E-state index < -0.39 is 12.1 Å². The molecular formula is C51H99NO5. The number of aliphatic hydroxyl groups is 2. The highest BCUT2D eigenvalue weighted by atomic mass is 16.5. The van der Waals surface area contributed by atoms with E-state index in [1.54, 1.807) is 0 Å². The minimum Gasteiger partial charge on any atom is -0.466 e. The van der Waals surface area contributed by atoms with E-state index in [1.807, 2.05) is 0 Å². The zero-order valence-electron chi connectivity index (χ0n) is 38.3. The summed E-state index contributed by atoms with van der Waals surface area (Å²) in [6.45, 7) is 4.89. The quantitative estimate of drug-likeness (QED) is 0.0323. The second kappa shape index (κ2) is 47.3. The summed E-state index contributed by atoms with van der Waals surface area (Å²) >= 11 is 0. The maximum atomic E-state index is 12.4. The summed E-state index contributed by atoms with van der Waals surface area (Å²) in [6.07, 6.45) is 53.3. The molecule has 1 amide bonds. The lowest BCUT2D eigenvalue weighted by molar-refractivity contribution is -0.143. The number of carbonyl (C=O) groups excluding carboxylic acids is 2. The number of nitrogens with one attached hydrogen (secondary N) is 1. The maximum absolute atomic E-state index is 12.4. The SMILES string of the molecule is CCCC/C=C\CCCCCCCC(=O)OCCCCCCCCCCCCCCCCCCCCCCC(=O)NC(CO)C(O)CCCCCCCCCCC. The lowest BCUT2D eigenvalue weighted by Crippen LogP contribution is -2.45. The van der Waals surface area contributed by atoms with Crippen molar-refractivity contribution in [3.63, 3.8) is 0 Å². The third-order valence-electron chi connectivity index (χ3n) is 11.8. The predicted molar refractivity (Wildman–Crippen MR) is 246 cm³/mol. The lowest BCUT2D eigenvalue weighted by atomic mass is 10.0. The molecule has 0 radical (unpaired) electrons. The number of unbranched alkanes of at least 4 members (excludes halogenated alkanes) is 34. The fraction of sp³-hybridized carbons (Fsp3) is 0.922. The minimum absolute atomic E-state index is 0.000737. The van der Waals surface area contributed by atoms with Crippen LogP contribution >= 0.6 is 0 Å². The molecule has 6 heteroatoms. The molecule has 3 N–H and O–H groups in total. The molecule has 2 unspecified atom stereocenters. The Kier molecular flexibility index (Phi) is 46.1. The number of hydrogen-bond acceptors (Lipinski definition) is 5. The molecule has 57 heavy (non-hydrogen) atoms. The van der Waals surface area contributed by atoms with E-state index in [0.717, 1.165) is 44.9 Å². The van der Waals surface area contributed by atoms with Crippen molar-refractivity contribution in [2.45, 2.75) is 289 Å². The van der Waals surface area contributed by atoms with Crippen LogP contribution in [0.1, 0.15) is 277 Å². The third-order valence-corrected chi connectivity index (χ3v) is 11.8. The average Bonchev–Trinajstić information content (AvgIpc) is 3.21. The van der Waals surface area contributed by atoms with Gasteiger partial charge in [-0.1, -0.05) is 231 Å². The highest BCUT2D eigenvalue weighted by Gasteiger charge is 2.20. The minimum atomic E-state index is -0.662. The second-order valence-corrected chi connectivity index (χ2v) is 17.5. The highest BCUT2D eigenvalue weighted by molar-refractivity contribution is 5.76. The van der Waals surface area contributed by atoms with E-state index in [2.05, 4.69) is 31.3 Å². The van der Waals surface area contributed by atoms with Crippen molar-refractivity contribution in [1.82, 2.24) is 5.32 Å². The van der Waals surface area contributed by atoms with Crippen LogP contribution in [0, 0.1) is 0 Å². The maximum Gasteiger partial charge on any atom is 0.305 e. The van der Waals surface area contributed by atoms with Crippen LogP contribution in [0.2, 0.25) is 0 Å². The van der Waals surface area contributed by atoms with Crippen LogP contribution < -0.4 is 5.32 Å². The van der Waals surface area contributed by atoms with Crippen LogP contribution in [0.4, 0.5) is 0 Å². The summed E-state index contributed by atoms with van der Waals surface area (Å²) in [5, 5.41) is 23.1. The van der Waals surface area contributed by atoms with Gasteiger partial charge in [0.05, 0.1) is 25.4 Å². The van der Waals surface area contributed by atoms with Gasteiger partial charge in [-0.05, 0) is 44.9 Å². The molecule has 0 aliphatic rings. The Morgan fingerprint density at radius 2 is 0.842 bits per heavy atom. The van der Waals surface area contributed by atoms with Crippen LogP contribution in [0.3, 0.4) is 0 Å². The van der Waals surface area contributed by atoms with Gasteiger partial charge in [-0.3, -0.25) is 9.59 Å². The van der Waals surface area contributed by atoms with Gasteiger partial charge in [0.2, 0.25) is 5.91 Å². The zero-order chi connectivity index (χ0) is 41.5. The van der Waals surface area contributed by atoms with Crippen LogP contribution in [0.5, 0.6) is 0 Å². The van der Waals surface area contributed by atoms with Crippen molar-refractivity contribution in [3.05, 3.63) is 12.2 Å². The van der Waals surface area contributed by atoms with E-state index in [-0.39, 0.29) is 18.5 Å². The zero-order valence-corrected chi connectivity index (χ0v) is 38.3. The number of ether oxygens (including phenoxy) is 1. The molecule has 0 aromatic rings. The fourth-order valence-corrected chi connectivity index (χ4v) is 7.86. The first kappa shape index (κ1) is 55.6. The Balaban J connectivity index is 3.37. The van der Waals surface area contributed by atoms with Gasteiger partial charge >= 0.3 is 5.97 Å². The number of carbonyl (C=O) groups is 2. The Labute approximate surface area is 355 Å². The summed E-state index contributed by atoms with van der Waals surface area (Å²) in [5.41, 5.74) is 0. The lowest BCUT2D eigenvalue weighted by Gasteiger charge is -2.22. The van der Waals surface area contributed by atoms with Gasteiger partial charge in [-0.25, -0.2) is 0 Å². The molecule has 0 aliphatic carbocycles. The first-order chi connectivity index (χ1) is 28.0. The van der Waals surface area contributed by atoms with Gasteiger partial charge in [-0.15, -0.1) is 0 Å². The molecule has 2 atom stereocenters. The summed E-state index contributed by atoms with van der Waals surface area (Å²) in [7, 11) is 0. The van der Waals surface area contributed by atoms with Crippen molar-refractivity contribution in [2.75, 3.05) is 13.2 Å². The monoisotopic (exact) mass is 806 g/mol. The molecule has 0 fully saturated rings. The normalized spacial score (nSPS) is 12.7. The van der Waals surface area contributed by atoms with E-state index in [1.165, 1.54) is 199 Å². The van der Waals surface area contributed by atoms with Gasteiger partial charge < -0.3 is 20.3 Å². The molecule has 0 heterocycles. The van der Waals surface area contributed by atoms with Gasteiger partial charge in [0.1, 0.15) is 0 Å². The highest BCUT2D eigenvalue weighted by Crippen LogP contribution is 2.17. The summed E-state index contributed by atoms with van der Waals surface area (Å²) in [6, 6.07) is -0.539. The first-order valence-corrected chi connectivity index (χ1v) is 25.4. The van der Waals surface area contributed by atoms with Gasteiger partial charge in [0, 0.05) is 12.8 Å².